The summed E-state index contributed by atoms with van der Waals surface area (Å²) in [5.74, 6) is -12.0. The van der Waals surface area contributed by atoms with Crippen LogP contribution in [0.4, 0.5) is 27.6 Å². The minimum atomic E-state index is -2.32. The lowest BCUT2D eigenvalue weighted by Gasteiger charge is -2.10. The van der Waals surface area contributed by atoms with Gasteiger partial charge >= 0.3 is 0 Å². The quantitative estimate of drug-likeness (QED) is 0.522. The molecule has 23 heavy (non-hydrogen) atoms. The van der Waals surface area contributed by atoms with E-state index in [-0.39, 0.29) is 5.69 Å². The van der Waals surface area contributed by atoms with E-state index < -0.39 is 40.6 Å². The van der Waals surface area contributed by atoms with Crippen LogP contribution in [-0.4, -0.2) is 12.5 Å². The first kappa shape index (κ1) is 16.7. The third-order valence-corrected chi connectivity index (χ3v) is 2.86. The second-order valence-corrected chi connectivity index (χ2v) is 4.36. The molecule has 122 valence electrons. The van der Waals surface area contributed by atoms with E-state index in [1.165, 1.54) is 24.3 Å². The summed E-state index contributed by atoms with van der Waals surface area (Å²) in [4.78, 5) is 11.8. The SMILES string of the molecule is CCOc1ccc(NC(=O)c2c(F)c(F)c(F)c(F)c2F)cc1. The van der Waals surface area contributed by atoms with Crippen LogP contribution >= 0.6 is 0 Å². The molecule has 1 N–H and O–H groups in total. The fraction of sp³-hybridized carbons (Fsp3) is 0.133. The Kier molecular flexibility index (Phi) is 4.83. The molecule has 3 nitrogen and oxygen atoms in total. The zero-order valence-corrected chi connectivity index (χ0v) is 11.7. The highest BCUT2D eigenvalue weighted by atomic mass is 19.2. The maximum atomic E-state index is 13.5. The number of hydrogen-bond donors (Lipinski definition) is 1. The summed E-state index contributed by atoms with van der Waals surface area (Å²) in [6.07, 6.45) is 0. The van der Waals surface area contributed by atoms with Crippen LogP contribution in [0, 0.1) is 29.1 Å². The van der Waals surface area contributed by atoms with Crippen molar-refractivity contribution in [3.63, 3.8) is 0 Å². The minimum Gasteiger partial charge on any atom is -0.494 e. The summed E-state index contributed by atoms with van der Waals surface area (Å²) in [6, 6.07) is 5.65. The second kappa shape index (κ2) is 6.64. The third-order valence-electron chi connectivity index (χ3n) is 2.86. The molecule has 0 saturated carbocycles. The van der Waals surface area contributed by atoms with Crippen LogP contribution in [0.15, 0.2) is 24.3 Å². The number of rotatable bonds is 4. The monoisotopic (exact) mass is 331 g/mol. The lowest BCUT2D eigenvalue weighted by atomic mass is 10.1. The van der Waals surface area contributed by atoms with Gasteiger partial charge in [-0.3, -0.25) is 4.79 Å². The topological polar surface area (TPSA) is 38.3 Å². The number of benzene rings is 2. The fourth-order valence-corrected chi connectivity index (χ4v) is 1.80. The molecule has 0 aliphatic heterocycles. The third kappa shape index (κ3) is 3.25. The van der Waals surface area contributed by atoms with E-state index in [0.717, 1.165) is 0 Å². The highest BCUT2D eigenvalue weighted by molar-refractivity contribution is 6.04. The Bertz CT molecular complexity index is 718. The lowest BCUT2D eigenvalue weighted by molar-refractivity contribution is 0.101. The number of carbonyl (C=O) groups excluding carboxylic acids is 1. The molecular weight excluding hydrogens is 321 g/mol. The van der Waals surface area contributed by atoms with E-state index in [2.05, 4.69) is 5.32 Å². The maximum Gasteiger partial charge on any atom is 0.261 e. The van der Waals surface area contributed by atoms with Crippen molar-refractivity contribution in [2.75, 3.05) is 11.9 Å². The smallest absolute Gasteiger partial charge is 0.261 e. The molecule has 1 amide bonds. The molecule has 0 atom stereocenters. The molecule has 2 rings (SSSR count). The van der Waals surface area contributed by atoms with Crippen LogP contribution in [0.2, 0.25) is 0 Å². The van der Waals surface area contributed by atoms with Gasteiger partial charge in [0.15, 0.2) is 23.3 Å². The van der Waals surface area contributed by atoms with Gasteiger partial charge < -0.3 is 10.1 Å². The van der Waals surface area contributed by atoms with Gasteiger partial charge in [-0.2, -0.15) is 0 Å². The number of hydrogen-bond acceptors (Lipinski definition) is 2. The van der Waals surface area contributed by atoms with E-state index >= 15 is 0 Å². The van der Waals surface area contributed by atoms with Crippen LogP contribution < -0.4 is 10.1 Å². The highest BCUT2D eigenvalue weighted by Crippen LogP contribution is 2.24. The first-order valence-corrected chi connectivity index (χ1v) is 6.42. The van der Waals surface area contributed by atoms with Crippen molar-refractivity contribution in [1.29, 1.82) is 0 Å². The molecule has 0 spiro atoms. The first-order valence-electron chi connectivity index (χ1n) is 6.42. The fourth-order valence-electron chi connectivity index (χ4n) is 1.80. The van der Waals surface area contributed by atoms with E-state index in [0.29, 0.717) is 12.4 Å². The number of carbonyl (C=O) groups is 1. The largest absolute Gasteiger partial charge is 0.494 e. The summed E-state index contributed by atoms with van der Waals surface area (Å²) >= 11 is 0. The second-order valence-electron chi connectivity index (χ2n) is 4.36. The van der Waals surface area contributed by atoms with Gasteiger partial charge in [-0.1, -0.05) is 0 Å². The molecule has 8 heteroatoms. The molecule has 0 aliphatic rings. The molecule has 0 fully saturated rings. The Balaban J connectivity index is 2.31. The summed E-state index contributed by atoms with van der Waals surface area (Å²) in [7, 11) is 0. The first-order chi connectivity index (χ1) is 10.9. The van der Waals surface area contributed by atoms with Gasteiger partial charge in [0, 0.05) is 5.69 Å². The standard InChI is InChI=1S/C15H10F5NO2/c1-2-23-8-5-3-7(4-6-8)21-15(22)9-10(16)12(18)14(20)13(19)11(9)17/h3-6H,2H2,1H3,(H,21,22). The van der Waals surface area contributed by atoms with Crippen molar-refractivity contribution in [3.8, 4) is 5.75 Å². The zero-order valence-electron chi connectivity index (χ0n) is 11.7. The molecule has 0 aliphatic carbocycles. The number of anilines is 1. The van der Waals surface area contributed by atoms with Gasteiger partial charge in [0.2, 0.25) is 5.82 Å². The molecule has 0 aromatic heterocycles. The molecular formula is C15H10F5NO2. The predicted molar refractivity (Wildman–Crippen MR) is 71.8 cm³/mol. The zero-order chi connectivity index (χ0) is 17.1. The molecule has 2 aromatic carbocycles. The van der Waals surface area contributed by atoms with Gasteiger partial charge in [0.1, 0.15) is 11.3 Å². The van der Waals surface area contributed by atoms with Crippen LogP contribution in [0.1, 0.15) is 17.3 Å². The van der Waals surface area contributed by atoms with Crippen molar-refractivity contribution in [2.45, 2.75) is 6.92 Å². The number of halogens is 5. The van der Waals surface area contributed by atoms with E-state index in [4.69, 9.17) is 4.74 Å². The summed E-state index contributed by atoms with van der Waals surface area (Å²) in [5, 5.41) is 2.05. The summed E-state index contributed by atoms with van der Waals surface area (Å²) in [6.45, 7) is 2.18. The molecule has 0 bridgehead atoms. The Morgan fingerprint density at radius 1 is 0.913 bits per heavy atom. The van der Waals surface area contributed by atoms with Crippen LogP contribution in [0.25, 0.3) is 0 Å². The van der Waals surface area contributed by atoms with Gasteiger partial charge in [-0.05, 0) is 31.2 Å². The Labute approximate surface area is 127 Å². The minimum absolute atomic E-state index is 0.0994. The Morgan fingerprint density at radius 3 is 1.87 bits per heavy atom. The number of ether oxygens (including phenoxy) is 1. The average Bonchev–Trinajstić information content (AvgIpc) is 2.53. The van der Waals surface area contributed by atoms with E-state index in [9.17, 15) is 26.7 Å². The molecule has 0 radical (unpaired) electrons. The molecule has 0 heterocycles. The maximum absolute atomic E-state index is 13.5. The van der Waals surface area contributed by atoms with Crippen molar-refractivity contribution in [2.24, 2.45) is 0 Å². The summed E-state index contributed by atoms with van der Waals surface area (Å²) in [5.41, 5.74) is -1.45. The normalized spacial score (nSPS) is 10.5. The number of nitrogens with one attached hydrogen (secondary N) is 1. The van der Waals surface area contributed by atoms with Gasteiger partial charge in [0.05, 0.1) is 6.61 Å². The van der Waals surface area contributed by atoms with Crippen molar-refractivity contribution >= 4 is 11.6 Å². The van der Waals surface area contributed by atoms with Crippen LogP contribution in [0.5, 0.6) is 5.75 Å². The van der Waals surface area contributed by atoms with Crippen molar-refractivity contribution in [3.05, 3.63) is 58.9 Å². The molecule has 2 aromatic rings. The molecule has 0 saturated heterocycles. The lowest BCUT2D eigenvalue weighted by Crippen LogP contribution is -2.19. The Morgan fingerprint density at radius 2 is 1.39 bits per heavy atom. The van der Waals surface area contributed by atoms with E-state index in [1.54, 1.807) is 6.92 Å². The van der Waals surface area contributed by atoms with Gasteiger partial charge in [-0.25, -0.2) is 22.0 Å². The van der Waals surface area contributed by atoms with Crippen molar-refractivity contribution in [1.82, 2.24) is 0 Å². The highest BCUT2D eigenvalue weighted by Gasteiger charge is 2.29. The van der Waals surface area contributed by atoms with Gasteiger partial charge in [0.25, 0.3) is 5.91 Å². The van der Waals surface area contributed by atoms with Crippen LogP contribution in [-0.2, 0) is 0 Å². The Hall–Kier alpha value is -2.64. The predicted octanol–water partition coefficient (Wildman–Crippen LogP) is 4.03. The van der Waals surface area contributed by atoms with E-state index in [1.807, 2.05) is 0 Å². The van der Waals surface area contributed by atoms with Gasteiger partial charge in [-0.15, -0.1) is 0 Å². The summed E-state index contributed by atoms with van der Waals surface area (Å²) < 4.78 is 71.3. The molecule has 0 unspecified atom stereocenters. The van der Waals surface area contributed by atoms with Crippen LogP contribution in [0.3, 0.4) is 0 Å². The average molecular weight is 331 g/mol. The van der Waals surface area contributed by atoms with Crippen molar-refractivity contribution < 1.29 is 31.5 Å². The number of amides is 1.